The number of hydrogen-bond donors (Lipinski definition) is 1. The number of nitrogens with one attached hydrogen (secondary N) is 1. The molecule has 0 amide bonds. The lowest BCUT2D eigenvalue weighted by Crippen LogP contribution is -1.97. The molecule has 1 atom stereocenters. The van der Waals surface area contributed by atoms with E-state index in [1.165, 1.54) is 5.56 Å². The Morgan fingerprint density at radius 3 is 3.17 bits per heavy atom. The standard InChI is InChI=1S/C15H16N4O2S2/c1-2-12(20-4-1)14-16-7-11(23-14)8-17-15-19-18-13(21-15)6-10-3-5-22-9-10/h3,5,7,9,12H,1-2,4,6,8H2,(H,17,19). The average molecular weight is 348 g/mol. The zero-order valence-electron chi connectivity index (χ0n) is 12.4. The fraction of sp³-hybridized carbons (Fsp3) is 0.400. The van der Waals surface area contributed by atoms with E-state index in [0.29, 0.717) is 24.9 Å². The second-order valence-corrected chi connectivity index (χ2v) is 7.26. The topological polar surface area (TPSA) is 73.1 Å². The van der Waals surface area contributed by atoms with Gasteiger partial charge in [0.2, 0.25) is 5.89 Å². The second kappa shape index (κ2) is 6.77. The minimum absolute atomic E-state index is 0.175. The smallest absolute Gasteiger partial charge is 0.315 e. The maximum Gasteiger partial charge on any atom is 0.315 e. The molecule has 3 aromatic rings. The van der Waals surface area contributed by atoms with E-state index in [-0.39, 0.29) is 6.10 Å². The van der Waals surface area contributed by atoms with Crippen molar-refractivity contribution < 1.29 is 9.15 Å². The van der Waals surface area contributed by atoms with Crippen LogP contribution in [0, 0.1) is 0 Å². The van der Waals surface area contributed by atoms with E-state index in [1.54, 1.807) is 22.7 Å². The minimum atomic E-state index is 0.175. The highest BCUT2D eigenvalue weighted by Gasteiger charge is 2.20. The predicted molar refractivity (Wildman–Crippen MR) is 88.8 cm³/mol. The molecule has 1 unspecified atom stereocenters. The number of ether oxygens (including phenoxy) is 1. The highest BCUT2D eigenvalue weighted by molar-refractivity contribution is 7.11. The third-order valence-electron chi connectivity index (χ3n) is 3.59. The first-order valence-corrected chi connectivity index (χ1v) is 9.26. The van der Waals surface area contributed by atoms with Gasteiger partial charge in [-0.1, -0.05) is 5.10 Å². The molecule has 0 bridgehead atoms. The number of rotatable bonds is 6. The molecular formula is C15H16N4O2S2. The Kier molecular flexibility index (Phi) is 4.36. The van der Waals surface area contributed by atoms with Gasteiger partial charge in [-0.15, -0.1) is 16.4 Å². The number of aromatic nitrogens is 3. The van der Waals surface area contributed by atoms with Gasteiger partial charge >= 0.3 is 6.01 Å². The molecule has 120 valence electrons. The number of thiophene rings is 1. The second-order valence-electron chi connectivity index (χ2n) is 5.33. The van der Waals surface area contributed by atoms with Gasteiger partial charge < -0.3 is 14.5 Å². The summed E-state index contributed by atoms with van der Waals surface area (Å²) in [6, 6.07) is 2.51. The van der Waals surface area contributed by atoms with Crippen molar-refractivity contribution in [1.29, 1.82) is 0 Å². The molecule has 0 saturated carbocycles. The van der Waals surface area contributed by atoms with Crippen LogP contribution in [0.4, 0.5) is 6.01 Å². The maximum absolute atomic E-state index is 5.66. The van der Waals surface area contributed by atoms with E-state index in [1.807, 2.05) is 11.6 Å². The molecule has 1 aliphatic rings. The van der Waals surface area contributed by atoms with Crippen molar-refractivity contribution in [2.24, 2.45) is 0 Å². The van der Waals surface area contributed by atoms with Crippen LogP contribution in [0.2, 0.25) is 0 Å². The quantitative estimate of drug-likeness (QED) is 0.733. The predicted octanol–water partition coefficient (Wildman–Crippen LogP) is 3.64. The lowest BCUT2D eigenvalue weighted by molar-refractivity contribution is 0.111. The lowest BCUT2D eigenvalue weighted by atomic mass is 10.2. The Balaban J connectivity index is 1.33. The molecule has 4 rings (SSSR count). The summed E-state index contributed by atoms with van der Waals surface area (Å²) < 4.78 is 11.3. The summed E-state index contributed by atoms with van der Waals surface area (Å²) in [7, 11) is 0. The van der Waals surface area contributed by atoms with Crippen LogP contribution in [0.15, 0.2) is 27.4 Å². The summed E-state index contributed by atoms with van der Waals surface area (Å²) in [4.78, 5) is 5.59. The number of nitrogens with zero attached hydrogens (tertiary/aromatic N) is 3. The van der Waals surface area contributed by atoms with Crippen LogP contribution in [0.3, 0.4) is 0 Å². The highest BCUT2D eigenvalue weighted by atomic mass is 32.1. The molecule has 6 nitrogen and oxygen atoms in total. The summed E-state index contributed by atoms with van der Waals surface area (Å²) in [5, 5.41) is 16.4. The van der Waals surface area contributed by atoms with Gasteiger partial charge in [-0.05, 0) is 35.2 Å². The molecule has 1 N–H and O–H groups in total. The monoisotopic (exact) mass is 348 g/mol. The SMILES string of the molecule is c1cc(Cc2nnc(NCc3cnc(C4CCCO4)s3)o2)cs1. The van der Waals surface area contributed by atoms with Gasteiger partial charge in [0.05, 0.1) is 13.0 Å². The van der Waals surface area contributed by atoms with Gasteiger partial charge in [0.1, 0.15) is 11.1 Å². The Hall–Kier alpha value is -1.77. The largest absolute Gasteiger partial charge is 0.408 e. The van der Waals surface area contributed by atoms with Crippen LogP contribution in [0.25, 0.3) is 0 Å². The molecule has 4 heterocycles. The zero-order valence-corrected chi connectivity index (χ0v) is 14.0. The Bertz CT molecular complexity index is 747. The van der Waals surface area contributed by atoms with Gasteiger partial charge in [-0.2, -0.15) is 11.3 Å². The highest BCUT2D eigenvalue weighted by Crippen LogP contribution is 2.31. The summed E-state index contributed by atoms with van der Waals surface area (Å²) in [6.45, 7) is 1.47. The fourth-order valence-electron chi connectivity index (χ4n) is 2.45. The van der Waals surface area contributed by atoms with Crippen molar-refractivity contribution in [3.8, 4) is 0 Å². The fourth-order valence-corrected chi connectivity index (χ4v) is 4.06. The first-order valence-electron chi connectivity index (χ1n) is 7.50. The Morgan fingerprint density at radius 2 is 2.35 bits per heavy atom. The third-order valence-corrected chi connectivity index (χ3v) is 5.41. The van der Waals surface area contributed by atoms with E-state index < -0.39 is 0 Å². The van der Waals surface area contributed by atoms with Gasteiger partial charge in [-0.3, -0.25) is 0 Å². The summed E-state index contributed by atoms with van der Waals surface area (Å²) >= 11 is 3.34. The average Bonchev–Trinajstić information content (AvgIpc) is 3.33. The summed E-state index contributed by atoms with van der Waals surface area (Å²) in [6.07, 6.45) is 4.91. The molecule has 1 saturated heterocycles. The lowest BCUT2D eigenvalue weighted by Gasteiger charge is -2.03. The van der Waals surface area contributed by atoms with Crippen LogP contribution in [-0.2, 0) is 17.7 Å². The summed E-state index contributed by atoms with van der Waals surface area (Å²) in [5.41, 5.74) is 1.19. The normalized spacial score (nSPS) is 17.7. The molecule has 0 aliphatic carbocycles. The first-order chi connectivity index (χ1) is 11.4. The van der Waals surface area contributed by atoms with Gasteiger partial charge in [0.15, 0.2) is 0 Å². The van der Waals surface area contributed by atoms with E-state index >= 15 is 0 Å². The molecular weight excluding hydrogens is 332 g/mol. The molecule has 3 aromatic heterocycles. The maximum atomic E-state index is 5.66. The third kappa shape index (κ3) is 3.60. The van der Waals surface area contributed by atoms with E-state index in [4.69, 9.17) is 9.15 Å². The van der Waals surface area contributed by atoms with E-state index in [9.17, 15) is 0 Å². The van der Waals surface area contributed by atoms with Crippen molar-refractivity contribution in [2.75, 3.05) is 11.9 Å². The number of hydrogen-bond acceptors (Lipinski definition) is 8. The molecule has 0 spiro atoms. The molecule has 1 fully saturated rings. The van der Waals surface area contributed by atoms with Crippen LogP contribution in [0.1, 0.15) is 40.3 Å². The molecule has 0 aromatic carbocycles. The van der Waals surface area contributed by atoms with Crippen LogP contribution >= 0.6 is 22.7 Å². The first kappa shape index (κ1) is 14.8. The molecule has 0 radical (unpaired) electrons. The van der Waals surface area contributed by atoms with Gasteiger partial charge in [0.25, 0.3) is 0 Å². The molecule has 8 heteroatoms. The van der Waals surface area contributed by atoms with Crippen LogP contribution in [-0.4, -0.2) is 21.8 Å². The van der Waals surface area contributed by atoms with Crippen molar-refractivity contribution >= 4 is 28.7 Å². The van der Waals surface area contributed by atoms with Gasteiger partial charge in [0, 0.05) is 17.7 Å². The number of thiazole rings is 1. The summed E-state index contributed by atoms with van der Waals surface area (Å²) in [5.74, 6) is 0.621. The van der Waals surface area contributed by atoms with Crippen molar-refractivity contribution in [3.05, 3.63) is 44.4 Å². The number of anilines is 1. The zero-order chi connectivity index (χ0) is 15.5. The van der Waals surface area contributed by atoms with Gasteiger partial charge in [-0.25, -0.2) is 4.98 Å². The van der Waals surface area contributed by atoms with E-state index in [2.05, 4.69) is 31.9 Å². The van der Waals surface area contributed by atoms with Crippen molar-refractivity contribution in [2.45, 2.75) is 31.9 Å². The minimum Gasteiger partial charge on any atom is -0.408 e. The Morgan fingerprint density at radius 1 is 1.35 bits per heavy atom. The molecule has 1 aliphatic heterocycles. The Labute approximate surface area is 141 Å². The molecule has 23 heavy (non-hydrogen) atoms. The van der Waals surface area contributed by atoms with Crippen LogP contribution in [0.5, 0.6) is 0 Å². The van der Waals surface area contributed by atoms with Crippen molar-refractivity contribution in [1.82, 2.24) is 15.2 Å². The van der Waals surface area contributed by atoms with Crippen molar-refractivity contribution in [3.63, 3.8) is 0 Å². The van der Waals surface area contributed by atoms with E-state index in [0.717, 1.165) is 29.3 Å². The van der Waals surface area contributed by atoms with Crippen LogP contribution < -0.4 is 5.32 Å².